The molecule has 3 aromatic rings. The average molecular weight is 395 g/mol. The molecule has 0 saturated heterocycles. The van der Waals surface area contributed by atoms with Gasteiger partial charge in [-0.05, 0) is 43.5 Å². The molecule has 150 valence electrons. The summed E-state index contributed by atoms with van der Waals surface area (Å²) in [6.45, 7) is 1.67. The molecular weight excluding hydrogens is 374 g/mol. The van der Waals surface area contributed by atoms with Crippen LogP contribution in [0.25, 0.3) is 11.1 Å². The highest BCUT2D eigenvalue weighted by atomic mass is 16.5. The standard InChI is InChI=1S/C21H21N3O5/c1-12-19-16(9-17(14-6-7-14)23-20(19)29-24-12)21(26)28-11-18(25)22-10-13-4-3-5-15(8-13)27-2/h3-5,8-9,14H,6-7,10-11H2,1-2H3,(H,22,25). The lowest BCUT2D eigenvalue weighted by Crippen LogP contribution is -2.28. The SMILES string of the molecule is COc1cccc(CNC(=O)COC(=O)c2cc(C3CC3)nc3onc(C)c23)c1. The summed E-state index contributed by atoms with van der Waals surface area (Å²) in [6.07, 6.45) is 2.07. The number of aromatic nitrogens is 2. The zero-order valence-corrected chi connectivity index (χ0v) is 16.2. The Hall–Kier alpha value is -3.42. The van der Waals surface area contributed by atoms with Gasteiger partial charge in [0.1, 0.15) is 5.75 Å². The second kappa shape index (κ2) is 7.90. The van der Waals surface area contributed by atoms with Crippen molar-refractivity contribution < 1.29 is 23.6 Å². The lowest BCUT2D eigenvalue weighted by atomic mass is 10.1. The lowest BCUT2D eigenvalue weighted by Gasteiger charge is -2.09. The van der Waals surface area contributed by atoms with Gasteiger partial charge in [0, 0.05) is 18.2 Å². The van der Waals surface area contributed by atoms with E-state index in [-0.39, 0.29) is 6.61 Å². The second-order valence-corrected chi connectivity index (χ2v) is 7.02. The van der Waals surface area contributed by atoms with Crippen molar-refractivity contribution in [2.45, 2.75) is 32.2 Å². The molecule has 1 amide bonds. The van der Waals surface area contributed by atoms with Gasteiger partial charge in [-0.2, -0.15) is 0 Å². The maximum atomic E-state index is 12.7. The summed E-state index contributed by atoms with van der Waals surface area (Å²) in [4.78, 5) is 29.2. The normalized spacial score (nSPS) is 13.3. The van der Waals surface area contributed by atoms with Crippen LogP contribution in [-0.4, -0.2) is 35.7 Å². The van der Waals surface area contributed by atoms with Gasteiger partial charge in [-0.3, -0.25) is 4.79 Å². The van der Waals surface area contributed by atoms with E-state index in [1.807, 2.05) is 24.3 Å². The number of rotatable bonds is 7. The number of amides is 1. The largest absolute Gasteiger partial charge is 0.497 e. The lowest BCUT2D eigenvalue weighted by molar-refractivity contribution is -0.124. The van der Waals surface area contributed by atoms with E-state index in [2.05, 4.69) is 15.5 Å². The Morgan fingerprint density at radius 1 is 1.28 bits per heavy atom. The number of hydrogen-bond donors (Lipinski definition) is 1. The number of carbonyl (C=O) groups is 2. The van der Waals surface area contributed by atoms with Gasteiger partial charge in [-0.25, -0.2) is 9.78 Å². The van der Waals surface area contributed by atoms with Crippen molar-refractivity contribution in [1.29, 1.82) is 0 Å². The number of aryl methyl sites for hydroxylation is 1. The molecule has 1 fully saturated rings. The third kappa shape index (κ3) is 4.21. The van der Waals surface area contributed by atoms with Gasteiger partial charge in [-0.15, -0.1) is 0 Å². The summed E-state index contributed by atoms with van der Waals surface area (Å²) in [5.41, 5.74) is 2.89. The molecule has 8 heteroatoms. The third-order valence-corrected chi connectivity index (χ3v) is 4.81. The zero-order valence-electron chi connectivity index (χ0n) is 16.2. The quantitative estimate of drug-likeness (QED) is 0.614. The molecule has 0 spiro atoms. The molecular formula is C21H21N3O5. The molecule has 0 bridgehead atoms. The summed E-state index contributed by atoms with van der Waals surface area (Å²) < 4.78 is 15.6. The summed E-state index contributed by atoms with van der Waals surface area (Å²) in [5, 5.41) is 7.15. The molecule has 8 nitrogen and oxygen atoms in total. The van der Waals surface area contributed by atoms with E-state index in [0.29, 0.717) is 40.6 Å². The van der Waals surface area contributed by atoms with Crippen LogP contribution in [0.4, 0.5) is 0 Å². The Kier molecular flexibility index (Phi) is 5.16. The third-order valence-electron chi connectivity index (χ3n) is 4.81. The number of ether oxygens (including phenoxy) is 2. The van der Waals surface area contributed by atoms with E-state index in [1.54, 1.807) is 20.1 Å². The fourth-order valence-corrected chi connectivity index (χ4v) is 3.11. The van der Waals surface area contributed by atoms with Crippen LogP contribution in [0.5, 0.6) is 5.75 Å². The predicted molar refractivity (Wildman–Crippen MR) is 104 cm³/mol. The first-order chi connectivity index (χ1) is 14.0. The maximum absolute atomic E-state index is 12.7. The molecule has 29 heavy (non-hydrogen) atoms. The molecule has 0 aliphatic heterocycles. The van der Waals surface area contributed by atoms with Gasteiger partial charge in [0.2, 0.25) is 0 Å². The van der Waals surface area contributed by atoms with Crippen molar-refractivity contribution in [3.63, 3.8) is 0 Å². The molecule has 0 atom stereocenters. The first kappa shape index (κ1) is 18.9. The highest BCUT2D eigenvalue weighted by molar-refractivity contribution is 6.03. The van der Waals surface area contributed by atoms with Gasteiger partial charge < -0.3 is 19.3 Å². The Morgan fingerprint density at radius 2 is 2.10 bits per heavy atom. The van der Waals surface area contributed by atoms with Crippen LogP contribution >= 0.6 is 0 Å². The van der Waals surface area contributed by atoms with Crippen LogP contribution in [0.15, 0.2) is 34.9 Å². The highest BCUT2D eigenvalue weighted by Gasteiger charge is 2.29. The summed E-state index contributed by atoms with van der Waals surface area (Å²) >= 11 is 0. The minimum atomic E-state index is -0.595. The molecule has 4 rings (SSSR count). The number of hydrogen-bond acceptors (Lipinski definition) is 7. The van der Waals surface area contributed by atoms with Crippen LogP contribution in [0.1, 0.15) is 46.1 Å². The van der Waals surface area contributed by atoms with E-state index in [9.17, 15) is 9.59 Å². The number of nitrogens with one attached hydrogen (secondary N) is 1. The summed E-state index contributed by atoms with van der Waals surface area (Å²) in [5.74, 6) is 0.0565. The Bertz CT molecular complexity index is 1070. The number of carbonyl (C=O) groups excluding carboxylic acids is 2. The molecule has 2 heterocycles. The topological polar surface area (TPSA) is 104 Å². The number of nitrogens with zero attached hydrogens (tertiary/aromatic N) is 2. The van der Waals surface area contributed by atoms with Gasteiger partial charge in [0.15, 0.2) is 6.61 Å². The van der Waals surface area contributed by atoms with Crippen LogP contribution < -0.4 is 10.1 Å². The van der Waals surface area contributed by atoms with Crippen LogP contribution in [0.2, 0.25) is 0 Å². The highest BCUT2D eigenvalue weighted by Crippen LogP contribution is 2.40. The van der Waals surface area contributed by atoms with Crippen molar-refractivity contribution in [2.24, 2.45) is 0 Å². The molecule has 1 aliphatic carbocycles. The van der Waals surface area contributed by atoms with Gasteiger partial charge in [0.25, 0.3) is 11.6 Å². The zero-order chi connectivity index (χ0) is 20.4. The molecule has 1 aromatic carbocycles. The van der Waals surface area contributed by atoms with E-state index in [0.717, 1.165) is 24.1 Å². The van der Waals surface area contributed by atoms with Crippen molar-refractivity contribution in [3.05, 3.63) is 52.8 Å². The molecule has 0 unspecified atom stereocenters. The summed E-state index contributed by atoms with van der Waals surface area (Å²) in [6, 6.07) is 9.09. The van der Waals surface area contributed by atoms with Crippen LogP contribution in [0.3, 0.4) is 0 Å². The number of esters is 1. The fraction of sp³-hybridized carbons (Fsp3) is 0.333. The first-order valence-corrected chi connectivity index (χ1v) is 9.39. The summed E-state index contributed by atoms with van der Waals surface area (Å²) in [7, 11) is 1.58. The number of fused-ring (bicyclic) bond motifs is 1. The van der Waals surface area contributed by atoms with Crippen molar-refractivity contribution >= 4 is 23.0 Å². The van der Waals surface area contributed by atoms with Gasteiger partial charge in [0.05, 0.1) is 23.8 Å². The Morgan fingerprint density at radius 3 is 2.86 bits per heavy atom. The molecule has 2 aromatic heterocycles. The van der Waals surface area contributed by atoms with E-state index in [1.165, 1.54) is 0 Å². The number of pyridine rings is 1. The van der Waals surface area contributed by atoms with Crippen LogP contribution in [-0.2, 0) is 16.1 Å². The average Bonchev–Trinajstić information content (AvgIpc) is 3.53. The molecule has 1 N–H and O–H groups in total. The van der Waals surface area contributed by atoms with Crippen molar-refractivity contribution in [1.82, 2.24) is 15.5 Å². The van der Waals surface area contributed by atoms with Crippen LogP contribution in [0, 0.1) is 6.92 Å². The minimum Gasteiger partial charge on any atom is -0.497 e. The molecule has 0 radical (unpaired) electrons. The monoisotopic (exact) mass is 395 g/mol. The smallest absolute Gasteiger partial charge is 0.339 e. The second-order valence-electron chi connectivity index (χ2n) is 7.02. The molecule has 1 saturated carbocycles. The van der Waals surface area contributed by atoms with Gasteiger partial charge in [-0.1, -0.05) is 17.3 Å². The maximum Gasteiger partial charge on any atom is 0.339 e. The molecule has 1 aliphatic rings. The number of methoxy groups -OCH3 is 1. The minimum absolute atomic E-state index is 0.309. The van der Waals surface area contributed by atoms with Crippen molar-refractivity contribution in [3.8, 4) is 5.75 Å². The van der Waals surface area contributed by atoms with Crippen molar-refractivity contribution in [2.75, 3.05) is 13.7 Å². The first-order valence-electron chi connectivity index (χ1n) is 9.39. The number of benzene rings is 1. The fourth-order valence-electron chi connectivity index (χ4n) is 3.11. The van der Waals surface area contributed by atoms with Gasteiger partial charge >= 0.3 is 5.97 Å². The Balaban J connectivity index is 1.40. The predicted octanol–water partition coefficient (Wildman–Crippen LogP) is 2.89. The van der Waals surface area contributed by atoms with E-state index < -0.39 is 11.9 Å². The van der Waals surface area contributed by atoms with E-state index in [4.69, 9.17) is 14.0 Å². The Labute approximate surface area is 167 Å². The van der Waals surface area contributed by atoms with E-state index >= 15 is 0 Å².